The number of phosphoric ester groups is 1. The second kappa shape index (κ2) is 18.9. The van der Waals surface area contributed by atoms with Crippen molar-refractivity contribution in [2.75, 3.05) is 37.9 Å². The van der Waals surface area contributed by atoms with Gasteiger partial charge in [0.2, 0.25) is 0 Å². The summed E-state index contributed by atoms with van der Waals surface area (Å²) in [4.78, 5) is 11.0. The summed E-state index contributed by atoms with van der Waals surface area (Å²) in [5.74, 6) is 0. The molecule has 0 saturated carbocycles. The summed E-state index contributed by atoms with van der Waals surface area (Å²) in [5, 5.41) is 0. The van der Waals surface area contributed by atoms with Gasteiger partial charge < -0.3 is 13.9 Å². The Labute approximate surface area is 164 Å². The topological polar surface area (TPSA) is 58.6 Å². The van der Waals surface area contributed by atoms with Gasteiger partial charge in [0.25, 0.3) is 7.82 Å². The van der Waals surface area contributed by atoms with Gasteiger partial charge in [0.05, 0.1) is 37.9 Å². The maximum Gasteiger partial charge on any atom is 0.267 e. The Bertz CT molecular complexity index is 294. The lowest BCUT2D eigenvalue weighted by Gasteiger charge is -2.26. The molecule has 0 aromatic heterocycles. The molecule has 0 radical (unpaired) electrons. The molecule has 0 aromatic carbocycles. The minimum atomic E-state index is -4.00. The molecular weight excluding hydrogens is 366 g/mol. The molecule has 160 valence electrons. The van der Waals surface area contributed by atoms with Crippen LogP contribution in [0.2, 0.25) is 0 Å². The Hall–Kier alpha value is 0.540. The van der Waals surface area contributed by atoms with Crippen LogP contribution in [0.25, 0.3) is 0 Å². The third kappa shape index (κ3) is 16.7. The SMILES string of the molecule is CCCCOP(=O)([O-])OCCCC.CCC[P+](CCC)(CCC)CCC. The first-order valence-electron chi connectivity index (χ1n) is 10.8. The van der Waals surface area contributed by atoms with E-state index in [9.17, 15) is 9.46 Å². The minimum Gasteiger partial charge on any atom is -0.756 e. The van der Waals surface area contributed by atoms with E-state index >= 15 is 0 Å². The maximum absolute atomic E-state index is 11.0. The summed E-state index contributed by atoms with van der Waals surface area (Å²) in [7, 11) is -4.50. The molecule has 0 saturated heterocycles. The summed E-state index contributed by atoms with van der Waals surface area (Å²) >= 11 is 0. The predicted octanol–water partition coefficient (Wildman–Crippen LogP) is 6.73. The number of unbranched alkanes of at least 4 members (excludes halogenated alkanes) is 2. The van der Waals surface area contributed by atoms with Gasteiger partial charge in [0.1, 0.15) is 0 Å². The largest absolute Gasteiger partial charge is 0.756 e. The molecular formula is C20H46O4P2. The van der Waals surface area contributed by atoms with Crippen LogP contribution in [0, 0.1) is 0 Å². The molecule has 26 heavy (non-hydrogen) atoms. The van der Waals surface area contributed by atoms with Crippen molar-refractivity contribution >= 4 is 15.1 Å². The first kappa shape index (κ1) is 28.7. The van der Waals surface area contributed by atoms with Crippen LogP contribution >= 0.6 is 15.1 Å². The highest BCUT2D eigenvalue weighted by molar-refractivity contribution is 7.75. The van der Waals surface area contributed by atoms with Gasteiger partial charge >= 0.3 is 0 Å². The Morgan fingerprint density at radius 3 is 1.19 bits per heavy atom. The van der Waals surface area contributed by atoms with Crippen molar-refractivity contribution in [1.29, 1.82) is 0 Å². The lowest BCUT2D eigenvalue weighted by atomic mass is 10.4. The van der Waals surface area contributed by atoms with Crippen LogP contribution in [0.3, 0.4) is 0 Å². The van der Waals surface area contributed by atoms with Gasteiger partial charge in [-0.15, -0.1) is 0 Å². The first-order valence-corrected chi connectivity index (χ1v) is 14.8. The molecule has 0 atom stereocenters. The van der Waals surface area contributed by atoms with Gasteiger partial charge in [-0.2, -0.15) is 0 Å². The molecule has 4 nitrogen and oxygen atoms in total. The fourth-order valence-electron chi connectivity index (χ4n) is 3.25. The van der Waals surface area contributed by atoms with E-state index in [4.69, 9.17) is 0 Å². The zero-order chi connectivity index (χ0) is 20.3. The Balaban J connectivity index is 0. The zero-order valence-corrected chi connectivity index (χ0v) is 20.2. The first-order chi connectivity index (χ1) is 12.4. The van der Waals surface area contributed by atoms with Crippen molar-refractivity contribution in [3.05, 3.63) is 0 Å². The molecule has 0 fully saturated rings. The van der Waals surface area contributed by atoms with Crippen LogP contribution in [0.4, 0.5) is 0 Å². The van der Waals surface area contributed by atoms with E-state index in [1.165, 1.54) is 25.7 Å². The van der Waals surface area contributed by atoms with Crippen LogP contribution in [0.1, 0.15) is 92.9 Å². The fraction of sp³-hybridized carbons (Fsp3) is 1.00. The van der Waals surface area contributed by atoms with Gasteiger partial charge in [-0.1, -0.05) is 54.4 Å². The summed E-state index contributed by atoms with van der Waals surface area (Å²) in [6.07, 6.45) is 15.2. The number of hydrogen-bond acceptors (Lipinski definition) is 4. The van der Waals surface area contributed by atoms with Crippen molar-refractivity contribution in [3.8, 4) is 0 Å². The molecule has 0 aliphatic carbocycles. The Morgan fingerprint density at radius 2 is 0.962 bits per heavy atom. The molecule has 0 spiro atoms. The smallest absolute Gasteiger partial charge is 0.267 e. The zero-order valence-electron chi connectivity index (χ0n) is 18.4. The van der Waals surface area contributed by atoms with Crippen LogP contribution in [-0.4, -0.2) is 37.9 Å². The van der Waals surface area contributed by atoms with Gasteiger partial charge in [0.15, 0.2) is 0 Å². The van der Waals surface area contributed by atoms with Crippen molar-refractivity contribution in [2.24, 2.45) is 0 Å². The van der Waals surface area contributed by atoms with Gasteiger partial charge in [-0.3, -0.25) is 4.57 Å². The second-order valence-electron chi connectivity index (χ2n) is 7.06. The average Bonchev–Trinajstić information content (AvgIpc) is 2.57. The van der Waals surface area contributed by atoms with Crippen LogP contribution < -0.4 is 4.89 Å². The van der Waals surface area contributed by atoms with Gasteiger partial charge in [0, 0.05) is 7.26 Å². The van der Waals surface area contributed by atoms with Crippen molar-refractivity contribution in [2.45, 2.75) is 92.9 Å². The summed E-state index contributed by atoms with van der Waals surface area (Å²) in [6.45, 7) is 13.8. The number of rotatable bonds is 16. The van der Waals surface area contributed by atoms with Crippen LogP contribution in [-0.2, 0) is 13.6 Å². The Kier molecular flexibility index (Phi) is 20.9. The molecule has 0 bridgehead atoms. The molecule has 6 heteroatoms. The van der Waals surface area contributed by atoms with E-state index in [1.807, 2.05) is 13.8 Å². The highest BCUT2D eigenvalue weighted by Crippen LogP contribution is 2.60. The third-order valence-electron chi connectivity index (χ3n) is 4.29. The predicted molar refractivity (Wildman–Crippen MR) is 117 cm³/mol. The average molecular weight is 413 g/mol. The number of hydrogen-bond donors (Lipinski definition) is 0. The van der Waals surface area contributed by atoms with Crippen molar-refractivity contribution in [3.63, 3.8) is 0 Å². The molecule has 0 N–H and O–H groups in total. The fourth-order valence-corrected chi connectivity index (χ4v) is 9.16. The van der Waals surface area contributed by atoms with E-state index in [0.717, 1.165) is 25.7 Å². The molecule has 0 heterocycles. The summed E-state index contributed by atoms with van der Waals surface area (Å²) < 4.78 is 20.2. The monoisotopic (exact) mass is 412 g/mol. The van der Waals surface area contributed by atoms with Crippen LogP contribution in [0.5, 0.6) is 0 Å². The summed E-state index contributed by atoms with van der Waals surface area (Å²) in [5.41, 5.74) is 0. The molecule has 0 aliphatic heterocycles. The van der Waals surface area contributed by atoms with E-state index in [-0.39, 0.29) is 13.2 Å². The van der Waals surface area contributed by atoms with E-state index in [2.05, 4.69) is 36.7 Å². The normalized spacial score (nSPS) is 12.0. The summed E-state index contributed by atoms with van der Waals surface area (Å²) in [6, 6.07) is 0. The van der Waals surface area contributed by atoms with Gasteiger partial charge in [-0.05, 0) is 38.5 Å². The second-order valence-corrected chi connectivity index (χ2v) is 12.9. The van der Waals surface area contributed by atoms with E-state index < -0.39 is 15.1 Å². The quantitative estimate of drug-likeness (QED) is 0.208. The van der Waals surface area contributed by atoms with Crippen molar-refractivity contribution in [1.82, 2.24) is 0 Å². The minimum absolute atomic E-state index is 0.226. The molecule has 0 aliphatic rings. The number of phosphoric acid groups is 1. The lowest BCUT2D eigenvalue weighted by Crippen LogP contribution is -2.10. The van der Waals surface area contributed by atoms with E-state index in [1.54, 1.807) is 24.6 Å². The highest BCUT2D eigenvalue weighted by Gasteiger charge is 2.32. The third-order valence-corrected chi connectivity index (χ3v) is 10.9. The van der Waals surface area contributed by atoms with E-state index in [0.29, 0.717) is 0 Å². The van der Waals surface area contributed by atoms with Crippen molar-refractivity contribution < 1.29 is 18.5 Å². The molecule has 0 aromatic rings. The lowest BCUT2D eigenvalue weighted by molar-refractivity contribution is -0.225. The maximum atomic E-state index is 11.0. The molecule has 0 rings (SSSR count). The van der Waals surface area contributed by atoms with Crippen LogP contribution in [0.15, 0.2) is 0 Å². The highest BCUT2D eigenvalue weighted by atomic mass is 31.2. The van der Waals surface area contributed by atoms with Gasteiger partial charge in [-0.25, -0.2) is 0 Å². The molecule has 0 unspecified atom stereocenters. The Morgan fingerprint density at radius 1 is 0.654 bits per heavy atom. The standard InChI is InChI=1S/C12H28P.C8H19O4P/c1-5-9-13(10-6-2,11-7-3)12-8-4;1-3-5-7-11-13(9,10)12-8-6-4-2/h5-12H2,1-4H3;3-8H2,1-2H3,(H,9,10)/q+1;/p-1. The molecule has 0 amide bonds.